The van der Waals surface area contributed by atoms with Crippen molar-refractivity contribution in [2.45, 2.75) is 48.3 Å². The molecule has 3 aliphatic heterocycles. The Hall–Kier alpha value is -2.75. The molecule has 0 aliphatic carbocycles. The molecule has 5 rings (SSSR count). The molecule has 0 aromatic heterocycles. The van der Waals surface area contributed by atoms with E-state index in [4.69, 9.17) is 4.74 Å². The van der Waals surface area contributed by atoms with Crippen LogP contribution < -0.4 is 4.90 Å². The number of ether oxygens (including phenoxy) is 1. The third-order valence-corrected chi connectivity index (χ3v) is 8.83. The molecule has 2 bridgehead atoms. The highest BCUT2D eigenvalue weighted by atomic mass is 79.9. The van der Waals surface area contributed by atoms with Crippen LogP contribution in [0.4, 0.5) is 5.69 Å². The predicted octanol–water partition coefficient (Wildman–Crippen LogP) is 3.35. The Kier molecular flexibility index (Phi) is 7.13. The maximum Gasteiger partial charge on any atom is 0.310 e. The summed E-state index contributed by atoms with van der Waals surface area (Å²) in [6.45, 7) is 4.42. The number of anilines is 1. The van der Waals surface area contributed by atoms with Crippen LogP contribution in [0.25, 0.3) is 10.8 Å². The zero-order valence-electron chi connectivity index (χ0n) is 20.5. The molecule has 3 fully saturated rings. The second kappa shape index (κ2) is 10.2. The van der Waals surface area contributed by atoms with Gasteiger partial charge in [0.25, 0.3) is 5.91 Å². The van der Waals surface area contributed by atoms with Crippen LogP contribution in [0.15, 0.2) is 55.1 Å². The molecule has 9 heteroatoms. The number of carbonyl (C=O) groups excluding carboxylic acids is 2. The first-order valence-electron chi connectivity index (χ1n) is 12.7. The molecule has 3 aliphatic rings. The number of likely N-dealkylation sites (tertiary alicyclic amines) is 1. The number of aliphatic carboxylic acids is 1. The summed E-state index contributed by atoms with van der Waals surface area (Å²) in [5, 5.41) is 21.2. The molecule has 3 saturated heterocycles. The number of carbonyl (C=O) groups is 3. The predicted molar refractivity (Wildman–Crippen MR) is 142 cm³/mol. The van der Waals surface area contributed by atoms with E-state index in [1.54, 1.807) is 15.9 Å². The van der Waals surface area contributed by atoms with Crippen molar-refractivity contribution in [3.63, 3.8) is 0 Å². The summed E-state index contributed by atoms with van der Waals surface area (Å²) in [5.41, 5.74) is -0.544. The molecular formula is C28H31BrN2O6. The first kappa shape index (κ1) is 25.9. The van der Waals surface area contributed by atoms with Gasteiger partial charge in [0.15, 0.2) is 0 Å². The monoisotopic (exact) mass is 570 g/mol. The van der Waals surface area contributed by atoms with Crippen LogP contribution in [0.2, 0.25) is 0 Å². The van der Waals surface area contributed by atoms with Gasteiger partial charge < -0.3 is 24.7 Å². The highest BCUT2D eigenvalue weighted by molar-refractivity contribution is 9.09. The first-order valence-corrected chi connectivity index (χ1v) is 13.6. The van der Waals surface area contributed by atoms with Gasteiger partial charge in [0.05, 0.1) is 17.9 Å². The Labute approximate surface area is 224 Å². The van der Waals surface area contributed by atoms with Crippen LogP contribution in [0.3, 0.4) is 0 Å². The van der Waals surface area contributed by atoms with Gasteiger partial charge in [0, 0.05) is 30.2 Å². The van der Waals surface area contributed by atoms with E-state index in [0.29, 0.717) is 37.9 Å². The minimum absolute atomic E-state index is 0.0507. The van der Waals surface area contributed by atoms with Crippen molar-refractivity contribution < 1.29 is 29.3 Å². The lowest BCUT2D eigenvalue weighted by Crippen LogP contribution is -2.57. The number of unbranched alkanes of at least 4 members (excludes halogenated alkanes) is 2. The van der Waals surface area contributed by atoms with Crippen molar-refractivity contribution in [3.8, 4) is 0 Å². The Morgan fingerprint density at radius 1 is 1.19 bits per heavy atom. The van der Waals surface area contributed by atoms with Gasteiger partial charge in [-0.25, -0.2) is 0 Å². The van der Waals surface area contributed by atoms with Crippen molar-refractivity contribution in [1.82, 2.24) is 4.90 Å². The number of hydrogen-bond acceptors (Lipinski definition) is 5. The number of alkyl halides is 1. The average Bonchev–Trinajstić information content (AvgIpc) is 3.48. The second-order valence-electron chi connectivity index (χ2n) is 10.1. The lowest BCUT2D eigenvalue weighted by molar-refractivity contribution is -0.149. The molecule has 2 aromatic carbocycles. The van der Waals surface area contributed by atoms with E-state index in [9.17, 15) is 24.6 Å². The smallest absolute Gasteiger partial charge is 0.310 e. The number of nitrogens with zero attached hydrogens (tertiary/aromatic N) is 2. The van der Waals surface area contributed by atoms with E-state index in [2.05, 4.69) is 22.5 Å². The van der Waals surface area contributed by atoms with Crippen molar-refractivity contribution in [2.75, 3.05) is 24.6 Å². The van der Waals surface area contributed by atoms with Crippen molar-refractivity contribution in [1.29, 1.82) is 0 Å². The molecule has 8 nitrogen and oxygen atoms in total. The summed E-state index contributed by atoms with van der Waals surface area (Å²) in [6.07, 6.45) is 3.22. The number of halogens is 1. The van der Waals surface area contributed by atoms with Gasteiger partial charge in [-0.15, -0.1) is 6.58 Å². The molecular weight excluding hydrogens is 540 g/mol. The fourth-order valence-corrected chi connectivity index (χ4v) is 7.39. The van der Waals surface area contributed by atoms with Crippen LogP contribution in [0.5, 0.6) is 0 Å². The van der Waals surface area contributed by atoms with Crippen LogP contribution in [-0.4, -0.2) is 75.2 Å². The Morgan fingerprint density at radius 2 is 1.95 bits per heavy atom. The van der Waals surface area contributed by atoms with Gasteiger partial charge in [-0.05, 0) is 48.6 Å². The summed E-state index contributed by atoms with van der Waals surface area (Å²) in [6, 6.07) is 12.7. The van der Waals surface area contributed by atoms with E-state index in [0.717, 1.165) is 10.8 Å². The lowest BCUT2D eigenvalue weighted by atomic mass is 9.70. The zero-order chi connectivity index (χ0) is 26.3. The molecule has 0 radical (unpaired) electrons. The Balaban J connectivity index is 1.56. The highest BCUT2D eigenvalue weighted by Crippen LogP contribution is 2.60. The number of hydrogen-bond donors (Lipinski definition) is 2. The molecule has 3 heterocycles. The zero-order valence-corrected chi connectivity index (χ0v) is 22.0. The van der Waals surface area contributed by atoms with Crippen LogP contribution >= 0.6 is 15.9 Å². The fraction of sp³-hybridized carbons (Fsp3) is 0.464. The summed E-state index contributed by atoms with van der Waals surface area (Å²) >= 11 is 3.58. The molecule has 0 saturated carbocycles. The topological polar surface area (TPSA) is 107 Å². The fourth-order valence-electron chi connectivity index (χ4n) is 6.45. The summed E-state index contributed by atoms with van der Waals surface area (Å²) < 4.78 is 6.36. The molecule has 1 spiro atoms. The quantitative estimate of drug-likeness (QED) is 0.258. The van der Waals surface area contributed by atoms with Gasteiger partial charge in [0.2, 0.25) is 5.91 Å². The maximum absolute atomic E-state index is 14.4. The van der Waals surface area contributed by atoms with E-state index in [1.165, 1.54) is 0 Å². The largest absolute Gasteiger partial charge is 0.481 e. The van der Waals surface area contributed by atoms with Gasteiger partial charge in [-0.1, -0.05) is 52.3 Å². The molecule has 196 valence electrons. The number of amides is 2. The van der Waals surface area contributed by atoms with E-state index in [1.807, 2.05) is 42.5 Å². The van der Waals surface area contributed by atoms with Crippen LogP contribution in [0, 0.1) is 11.8 Å². The van der Waals surface area contributed by atoms with Gasteiger partial charge in [-0.3, -0.25) is 14.4 Å². The Morgan fingerprint density at radius 3 is 2.65 bits per heavy atom. The van der Waals surface area contributed by atoms with Crippen LogP contribution in [0.1, 0.15) is 25.7 Å². The summed E-state index contributed by atoms with van der Waals surface area (Å²) in [4.78, 5) is 43.4. The number of rotatable bonds is 10. The third-order valence-electron chi connectivity index (χ3n) is 7.99. The third kappa shape index (κ3) is 4.17. The van der Waals surface area contributed by atoms with Crippen molar-refractivity contribution >= 4 is 50.2 Å². The molecule has 6 atom stereocenters. The van der Waals surface area contributed by atoms with E-state index >= 15 is 0 Å². The summed E-state index contributed by atoms with van der Waals surface area (Å²) in [5.74, 6) is -3.66. The molecule has 2 N–H and O–H groups in total. The summed E-state index contributed by atoms with van der Waals surface area (Å²) in [7, 11) is 0. The van der Waals surface area contributed by atoms with Gasteiger partial charge in [0.1, 0.15) is 11.6 Å². The SMILES string of the molecule is C=CCN(C(=O)C1N(CCCCCO)C(=O)[C@@H]2[C@H](C(=O)O)[C@H]3OC12CC3Br)c1ccc2ccccc2c1. The van der Waals surface area contributed by atoms with Gasteiger partial charge in [-0.2, -0.15) is 0 Å². The van der Waals surface area contributed by atoms with Crippen LogP contribution in [-0.2, 0) is 19.1 Å². The molecule has 2 amide bonds. The lowest BCUT2D eigenvalue weighted by Gasteiger charge is -2.37. The standard InChI is InChI=1S/C28H31BrN2O6/c1-2-12-30(19-11-10-17-8-4-5-9-18(17)15-19)26(34)24-28-16-20(29)23(37-28)21(27(35)36)22(28)25(33)31(24)13-6-3-7-14-32/h2,4-5,8-11,15,20-24,32H,1,3,6-7,12-14,16H2,(H,35,36)/t20?,21-,22-,23-,24?,28?/m0/s1. The van der Waals surface area contributed by atoms with Crippen molar-refractivity contribution in [2.24, 2.45) is 11.8 Å². The number of fused-ring (bicyclic) bond motifs is 2. The minimum atomic E-state index is -1.22. The molecule has 37 heavy (non-hydrogen) atoms. The highest BCUT2D eigenvalue weighted by Gasteiger charge is 2.76. The normalized spacial score (nSPS) is 30.1. The van der Waals surface area contributed by atoms with Crippen molar-refractivity contribution in [3.05, 3.63) is 55.1 Å². The number of carboxylic acid groups (broad SMARTS) is 1. The number of aliphatic hydroxyl groups is 1. The first-order chi connectivity index (χ1) is 17.8. The number of aliphatic hydroxyl groups excluding tert-OH is 1. The Bertz CT molecular complexity index is 1240. The number of carboxylic acids is 1. The van der Waals surface area contributed by atoms with E-state index in [-0.39, 0.29) is 29.8 Å². The molecule has 2 aromatic rings. The van der Waals surface area contributed by atoms with E-state index < -0.39 is 35.6 Å². The average molecular weight is 571 g/mol. The van der Waals surface area contributed by atoms with Gasteiger partial charge >= 0.3 is 5.97 Å². The molecule has 3 unspecified atom stereocenters. The second-order valence-corrected chi connectivity index (χ2v) is 11.3. The maximum atomic E-state index is 14.4. The number of benzene rings is 2. The minimum Gasteiger partial charge on any atom is -0.481 e.